The van der Waals surface area contributed by atoms with Gasteiger partial charge in [-0.1, -0.05) is 6.07 Å². The molecule has 7 heteroatoms. The first-order chi connectivity index (χ1) is 9.47. The lowest BCUT2D eigenvalue weighted by molar-refractivity contribution is 0.0696. The van der Waals surface area contributed by atoms with Gasteiger partial charge in [0, 0.05) is 5.38 Å². The lowest BCUT2D eigenvalue weighted by Crippen LogP contribution is -2.06. The summed E-state index contributed by atoms with van der Waals surface area (Å²) in [6.45, 7) is 1.48. The molecule has 0 unspecified atom stereocenters. The maximum Gasteiger partial charge on any atom is 0.335 e. The number of nitrogens with zero attached hydrogens (tertiary/aromatic N) is 2. The van der Waals surface area contributed by atoms with Crippen molar-refractivity contribution in [3.8, 4) is 6.07 Å². The molecular formula is C13H10N2O4S. The second kappa shape index (κ2) is 7.01. The number of thiazole rings is 1. The summed E-state index contributed by atoms with van der Waals surface area (Å²) in [5.41, 5.74) is 2.48. The van der Waals surface area contributed by atoms with Crippen LogP contribution in [0.5, 0.6) is 0 Å². The topological polar surface area (TPSA) is 111 Å². The maximum absolute atomic E-state index is 10.6. The zero-order valence-electron chi connectivity index (χ0n) is 10.4. The van der Waals surface area contributed by atoms with Crippen molar-refractivity contribution < 1.29 is 19.8 Å². The number of hydrogen-bond acceptors (Lipinski definition) is 5. The molecule has 0 aliphatic carbocycles. The Morgan fingerprint density at radius 3 is 2.10 bits per heavy atom. The molecule has 1 heterocycles. The molecule has 0 aliphatic rings. The van der Waals surface area contributed by atoms with Crippen molar-refractivity contribution in [3.05, 3.63) is 51.5 Å². The van der Waals surface area contributed by atoms with E-state index >= 15 is 0 Å². The number of hydrogen-bond donors (Lipinski definition) is 2. The fraction of sp³-hybridized carbons (Fsp3) is 0.0769. The molecule has 0 fully saturated rings. The van der Waals surface area contributed by atoms with Gasteiger partial charge in [0.15, 0.2) is 5.69 Å². The van der Waals surface area contributed by atoms with Gasteiger partial charge in [0.25, 0.3) is 0 Å². The molecule has 1 aromatic heterocycles. The van der Waals surface area contributed by atoms with Gasteiger partial charge in [-0.3, -0.25) is 0 Å². The smallest absolute Gasteiger partial charge is 0.335 e. The molecule has 0 amide bonds. The standard InChI is InChI=1S/C9H8O4.C4H2N2S/c1-5-6(8(10)11)3-2-4-7(5)9(12)13;5-1-4-2-7-3-6-4/h2-4H,1H3,(H,10,11)(H,12,13);2-3H. The lowest BCUT2D eigenvalue weighted by atomic mass is 10.0. The largest absolute Gasteiger partial charge is 0.478 e. The lowest BCUT2D eigenvalue weighted by Gasteiger charge is -2.03. The first-order valence-electron chi connectivity index (χ1n) is 5.31. The van der Waals surface area contributed by atoms with Crippen LogP contribution in [0.15, 0.2) is 29.1 Å². The van der Waals surface area contributed by atoms with Crippen LogP contribution < -0.4 is 0 Å². The molecule has 0 spiro atoms. The summed E-state index contributed by atoms with van der Waals surface area (Å²) >= 11 is 1.43. The summed E-state index contributed by atoms with van der Waals surface area (Å²) in [5, 5.41) is 27.2. The fourth-order valence-corrected chi connectivity index (χ4v) is 1.84. The molecule has 0 aliphatic heterocycles. The SMILES string of the molecule is Cc1c(C(=O)O)cccc1C(=O)O.N#Cc1cscn1. The average molecular weight is 290 g/mol. The normalized spacial score (nSPS) is 9.00. The van der Waals surface area contributed by atoms with E-state index in [0.29, 0.717) is 5.69 Å². The number of aromatic nitrogens is 1. The molecule has 0 saturated heterocycles. The number of carboxylic acids is 2. The summed E-state index contributed by atoms with van der Waals surface area (Å²) in [4.78, 5) is 24.9. The molecule has 0 bridgehead atoms. The Balaban J connectivity index is 0.000000240. The van der Waals surface area contributed by atoms with E-state index in [-0.39, 0.29) is 16.7 Å². The highest BCUT2D eigenvalue weighted by molar-refractivity contribution is 7.07. The van der Waals surface area contributed by atoms with Crippen LogP contribution >= 0.6 is 11.3 Å². The summed E-state index contributed by atoms with van der Waals surface area (Å²) < 4.78 is 0. The minimum atomic E-state index is -1.11. The van der Waals surface area contributed by atoms with Gasteiger partial charge in [-0.25, -0.2) is 14.6 Å². The van der Waals surface area contributed by atoms with Crippen molar-refractivity contribution in [1.29, 1.82) is 5.26 Å². The molecule has 20 heavy (non-hydrogen) atoms. The molecule has 0 radical (unpaired) electrons. The molecule has 102 valence electrons. The Kier molecular flexibility index (Phi) is 5.38. The zero-order chi connectivity index (χ0) is 15.1. The van der Waals surface area contributed by atoms with Gasteiger partial charge in [0.05, 0.1) is 16.6 Å². The third-order valence-corrected chi connectivity index (χ3v) is 2.93. The first-order valence-corrected chi connectivity index (χ1v) is 6.26. The van der Waals surface area contributed by atoms with Crippen LogP contribution in [0.1, 0.15) is 32.0 Å². The number of nitriles is 1. The number of aromatic carboxylic acids is 2. The third kappa shape index (κ3) is 3.90. The Labute approximate surface area is 118 Å². The molecule has 2 N–H and O–H groups in total. The van der Waals surface area contributed by atoms with Crippen LogP contribution in [0.2, 0.25) is 0 Å². The highest BCUT2D eigenvalue weighted by Gasteiger charge is 2.13. The van der Waals surface area contributed by atoms with E-state index in [4.69, 9.17) is 15.5 Å². The van der Waals surface area contributed by atoms with E-state index in [1.807, 2.05) is 6.07 Å². The number of carboxylic acid groups (broad SMARTS) is 2. The summed E-state index contributed by atoms with van der Waals surface area (Å²) in [7, 11) is 0. The van der Waals surface area contributed by atoms with Gasteiger partial charge in [-0.2, -0.15) is 5.26 Å². The van der Waals surface area contributed by atoms with Crippen molar-refractivity contribution in [1.82, 2.24) is 4.98 Å². The maximum atomic E-state index is 10.6. The monoisotopic (exact) mass is 290 g/mol. The van der Waals surface area contributed by atoms with Crippen molar-refractivity contribution in [3.63, 3.8) is 0 Å². The van der Waals surface area contributed by atoms with E-state index in [2.05, 4.69) is 4.98 Å². The van der Waals surface area contributed by atoms with Gasteiger partial charge in [-0.15, -0.1) is 11.3 Å². The van der Waals surface area contributed by atoms with Crippen molar-refractivity contribution in [2.75, 3.05) is 0 Å². The molecule has 0 atom stereocenters. The van der Waals surface area contributed by atoms with E-state index in [1.54, 1.807) is 10.9 Å². The number of benzene rings is 1. The van der Waals surface area contributed by atoms with E-state index < -0.39 is 11.9 Å². The van der Waals surface area contributed by atoms with Gasteiger partial charge in [0.2, 0.25) is 0 Å². The minimum absolute atomic E-state index is 0.0277. The summed E-state index contributed by atoms with van der Waals surface area (Å²) in [6, 6.07) is 6.08. The number of rotatable bonds is 2. The van der Waals surface area contributed by atoms with Gasteiger partial charge >= 0.3 is 11.9 Å². The van der Waals surface area contributed by atoms with Crippen LogP contribution in [-0.2, 0) is 0 Å². The summed E-state index contributed by atoms with van der Waals surface area (Å²) in [6.07, 6.45) is 0. The molecule has 1 aromatic carbocycles. The molecule has 6 nitrogen and oxygen atoms in total. The highest BCUT2D eigenvalue weighted by atomic mass is 32.1. The van der Waals surface area contributed by atoms with Crippen molar-refractivity contribution in [2.45, 2.75) is 6.92 Å². The molecule has 2 aromatic rings. The zero-order valence-corrected chi connectivity index (χ0v) is 11.2. The second-order valence-electron chi connectivity index (χ2n) is 3.57. The highest BCUT2D eigenvalue weighted by Crippen LogP contribution is 2.13. The van der Waals surface area contributed by atoms with Crippen LogP contribution in [0.4, 0.5) is 0 Å². The van der Waals surface area contributed by atoms with Crippen LogP contribution in [-0.4, -0.2) is 27.1 Å². The number of carbonyl (C=O) groups is 2. The Morgan fingerprint density at radius 1 is 1.25 bits per heavy atom. The minimum Gasteiger partial charge on any atom is -0.478 e. The summed E-state index contributed by atoms with van der Waals surface area (Å²) in [5.74, 6) is -2.22. The molecular weight excluding hydrogens is 280 g/mol. The van der Waals surface area contributed by atoms with Crippen molar-refractivity contribution >= 4 is 23.3 Å². The first kappa shape index (κ1) is 15.3. The van der Waals surface area contributed by atoms with Gasteiger partial charge in [0.1, 0.15) is 6.07 Å². The second-order valence-corrected chi connectivity index (χ2v) is 4.29. The predicted octanol–water partition coefficient (Wildman–Crippen LogP) is 2.41. The van der Waals surface area contributed by atoms with Gasteiger partial charge < -0.3 is 10.2 Å². The molecule has 2 rings (SSSR count). The van der Waals surface area contributed by atoms with Crippen LogP contribution in [0.3, 0.4) is 0 Å². The van der Waals surface area contributed by atoms with Gasteiger partial charge in [-0.05, 0) is 24.6 Å². The van der Waals surface area contributed by atoms with Crippen LogP contribution in [0.25, 0.3) is 0 Å². The fourth-order valence-electron chi connectivity index (χ4n) is 1.37. The average Bonchev–Trinajstić information content (AvgIpc) is 2.92. The predicted molar refractivity (Wildman–Crippen MR) is 71.9 cm³/mol. The quantitative estimate of drug-likeness (QED) is 0.878. The van der Waals surface area contributed by atoms with E-state index in [0.717, 1.165) is 0 Å². The Bertz CT molecular complexity index is 627. The van der Waals surface area contributed by atoms with E-state index in [1.165, 1.54) is 36.5 Å². The third-order valence-electron chi connectivity index (χ3n) is 2.34. The van der Waals surface area contributed by atoms with Crippen molar-refractivity contribution in [2.24, 2.45) is 0 Å². The molecule has 0 saturated carbocycles. The van der Waals surface area contributed by atoms with Crippen LogP contribution in [0, 0.1) is 18.3 Å². The van der Waals surface area contributed by atoms with E-state index in [9.17, 15) is 9.59 Å². The Morgan fingerprint density at radius 2 is 1.80 bits per heavy atom. The Hall–Kier alpha value is -2.72.